The molecule has 24 heavy (non-hydrogen) atoms. The van der Waals surface area contributed by atoms with Crippen LogP contribution in [0.4, 0.5) is 0 Å². The Morgan fingerprint density at radius 3 is 2.42 bits per heavy atom. The minimum absolute atomic E-state index is 0.151. The summed E-state index contributed by atoms with van der Waals surface area (Å²) < 4.78 is 28.4. The normalized spacial score (nSPS) is 12.6. The Balaban J connectivity index is 2.02. The van der Waals surface area contributed by atoms with E-state index in [4.69, 9.17) is 16.5 Å². The molecule has 0 aliphatic carbocycles. The summed E-state index contributed by atoms with van der Waals surface area (Å²) in [6.45, 7) is 0.151. The summed E-state index contributed by atoms with van der Waals surface area (Å²) in [5.74, 6) is -0.501. The van der Waals surface area contributed by atoms with Crippen molar-refractivity contribution in [2.45, 2.75) is 24.0 Å². The van der Waals surface area contributed by atoms with Crippen molar-refractivity contribution in [1.82, 2.24) is 4.84 Å². The van der Waals surface area contributed by atoms with Crippen LogP contribution in [-0.2, 0) is 32.4 Å². The number of benzene rings is 2. The first-order chi connectivity index (χ1) is 11.4. The van der Waals surface area contributed by atoms with Gasteiger partial charge in [0.1, 0.15) is 12.6 Å². The van der Waals surface area contributed by atoms with Crippen molar-refractivity contribution in [1.29, 1.82) is 0 Å². The number of rotatable bonds is 7. The number of carbonyl (C=O) groups excluding carboxylic acids is 1. The molecule has 0 saturated carbocycles. The summed E-state index contributed by atoms with van der Waals surface area (Å²) in [7, 11) is -3.30. The molecule has 1 unspecified atom stereocenters. The molecule has 0 amide bonds. The van der Waals surface area contributed by atoms with Gasteiger partial charge in [-0.2, -0.15) is 0 Å². The van der Waals surface area contributed by atoms with Gasteiger partial charge in [-0.05, 0) is 41.5 Å². The summed E-state index contributed by atoms with van der Waals surface area (Å²) in [6.07, 6.45) is 1.36. The molecule has 128 valence electrons. The van der Waals surface area contributed by atoms with E-state index in [0.717, 1.165) is 11.8 Å². The predicted molar refractivity (Wildman–Crippen MR) is 92.3 cm³/mol. The first-order valence-electron chi connectivity index (χ1n) is 7.26. The van der Waals surface area contributed by atoms with Gasteiger partial charge in [-0.3, -0.25) is 4.79 Å². The zero-order chi connectivity index (χ0) is 17.6. The van der Waals surface area contributed by atoms with Crippen molar-refractivity contribution in [2.75, 3.05) is 6.26 Å². The SMILES string of the molecule is CS(=O)(=O)c1cccc(CC(NCl)C(=O)OCc2ccccc2)c1. The third-order valence-corrected chi connectivity index (χ3v) is 4.78. The van der Waals surface area contributed by atoms with Crippen LogP contribution in [0.5, 0.6) is 0 Å². The van der Waals surface area contributed by atoms with E-state index in [-0.39, 0.29) is 17.9 Å². The molecule has 0 spiro atoms. The van der Waals surface area contributed by atoms with Crippen molar-refractivity contribution in [3.63, 3.8) is 0 Å². The number of esters is 1. The van der Waals surface area contributed by atoms with Crippen molar-refractivity contribution in [3.8, 4) is 0 Å². The molecule has 1 atom stereocenters. The summed E-state index contributed by atoms with van der Waals surface area (Å²) in [4.78, 5) is 14.7. The number of sulfone groups is 1. The first kappa shape index (κ1) is 18.4. The second-order valence-corrected chi connectivity index (χ2v) is 7.61. The van der Waals surface area contributed by atoms with Crippen LogP contribution in [0, 0.1) is 0 Å². The van der Waals surface area contributed by atoms with Gasteiger partial charge in [0, 0.05) is 6.26 Å². The number of hydrogen-bond donors (Lipinski definition) is 1. The first-order valence-corrected chi connectivity index (χ1v) is 9.53. The average Bonchev–Trinajstić information content (AvgIpc) is 2.58. The summed E-state index contributed by atoms with van der Waals surface area (Å²) >= 11 is 5.65. The molecule has 1 N–H and O–H groups in total. The highest BCUT2D eigenvalue weighted by Crippen LogP contribution is 2.14. The lowest BCUT2D eigenvalue weighted by molar-refractivity contribution is -0.146. The lowest BCUT2D eigenvalue weighted by Gasteiger charge is -2.14. The zero-order valence-corrected chi connectivity index (χ0v) is 14.7. The Labute approximate surface area is 146 Å². The average molecular weight is 368 g/mol. The highest BCUT2D eigenvalue weighted by Gasteiger charge is 2.20. The van der Waals surface area contributed by atoms with Crippen LogP contribution >= 0.6 is 11.8 Å². The molecular weight excluding hydrogens is 350 g/mol. The van der Waals surface area contributed by atoms with E-state index >= 15 is 0 Å². The molecule has 0 aromatic heterocycles. The fourth-order valence-electron chi connectivity index (χ4n) is 2.13. The van der Waals surface area contributed by atoms with Crippen LogP contribution in [0.2, 0.25) is 0 Å². The van der Waals surface area contributed by atoms with Crippen molar-refractivity contribution < 1.29 is 17.9 Å². The van der Waals surface area contributed by atoms with Gasteiger partial charge in [0.15, 0.2) is 9.84 Å². The molecule has 2 aromatic rings. The molecule has 0 aliphatic rings. The van der Waals surface area contributed by atoms with Gasteiger partial charge in [-0.1, -0.05) is 42.5 Å². The smallest absolute Gasteiger partial charge is 0.325 e. The summed E-state index contributed by atoms with van der Waals surface area (Å²) in [6, 6.07) is 14.9. The van der Waals surface area contributed by atoms with Crippen LogP contribution in [0.1, 0.15) is 11.1 Å². The molecule has 5 nitrogen and oxygen atoms in total. The number of nitrogens with one attached hydrogen (secondary N) is 1. The Kier molecular flexibility index (Phi) is 6.36. The van der Waals surface area contributed by atoms with Crippen LogP contribution < -0.4 is 4.84 Å². The lowest BCUT2D eigenvalue weighted by Crippen LogP contribution is -2.34. The monoisotopic (exact) mass is 367 g/mol. The molecule has 0 aliphatic heterocycles. The number of halogens is 1. The zero-order valence-electron chi connectivity index (χ0n) is 13.1. The van der Waals surface area contributed by atoms with Crippen molar-refractivity contribution in [3.05, 3.63) is 65.7 Å². The molecule has 0 saturated heterocycles. The Morgan fingerprint density at radius 1 is 1.12 bits per heavy atom. The van der Waals surface area contributed by atoms with Gasteiger partial charge in [-0.25, -0.2) is 13.3 Å². The molecular formula is C17H18ClNO4S. The van der Waals surface area contributed by atoms with Gasteiger partial charge in [0.25, 0.3) is 0 Å². The quantitative estimate of drug-likeness (QED) is 0.601. The maximum Gasteiger partial charge on any atom is 0.325 e. The van der Waals surface area contributed by atoms with Gasteiger partial charge < -0.3 is 4.74 Å². The maximum atomic E-state index is 12.1. The van der Waals surface area contributed by atoms with E-state index in [1.807, 2.05) is 30.3 Å². The molecule has 0 heterocycles. The lowest BCUT2D eigenvalue weighted by atomic mass is 10.1. The third-order valence-electron chi connectivity index (χ3n) is 3.41. The maximum absolute atomic E-state index is 12.1. The minimum Gasteiger partial charge on any atom is -0.460 e. The number of carbonyl (C=O) groups is 1. The molecule has 0 fully saturated rings. The van der Waals surface area contributed by atoms with Crippen LogP contribution in [0.3, 0.4) is 0 Å². The summed E-state index contributed by atoms with van der Waals surface area (Å²) in [5, 5.41) is 0. The van der Waals surface area contributed by atoms with E-state index < -0.39 is 21.8 Å². The largest absolute Gasteiger partial charge is 0.460 e. The Bertz CT molecular complexity index is 793. The van der Waals surface area contributed by atoms with Crippen LogP contribution in [0.15, 0.2) is 59.5 Å². The van der Waals surface area contributed by atoms with Gasteiger partial charge in [0.2, 0.25) is 0 Å². The molecule has 0 radical (unpaired) electrons. The molecule has 7 heteroatoms. The van der Waals surface area contributed by atoms with E-state index in [1.165, 1.54) is 12.1 Å². The second kappa shape index (κ2) is 8.28. The Hall–Kier alpha value is -1.89. The number of ether oxygens (including phenoxy) is 1. The molecule has 2 aromatic carbocycles. The minimum atomic E-state index is -3.30. The fraction of sp³-hybridized carbons (Fsp3) is 0.235. The van der Waals surface area contributed by atoms with E-state index in [1.54, 1.807) is 12.1 Å². The van der Waals surface area contributed by atoms with Gasteiger partial charge in [-0.15, -0.1) is 0 Å². The van der Waals surface area contributed by atoms with Crippen LogP contribution in [0.25, 0.3) is 0 Å². The van der Waals surface area contributed by atoms with E-state index in [9.17, 15) is 13.2 Å². The van der Waals surface area contributed by atoms with Crippen molar-refractivity contribution >= 4 is 27.6 Å². The summed E-state index contributed by atoms with van der Waals surface area (Å²) in [5.41, 5.74) is 1.55. The standard InChI is InChI=1S/C17H18ClNO4S/c1-24(21,22)15-9-5-8-14(10-15)11-16(19-18)17(20)23-12-13-6-3-2-4-7-13/h2-10,16,19H,11-12H2,1H3. The topological polar surface area (TPSA) is 72.5 Å². The van der Waals surface area contributed by atoms with Gasteiger partial charge >= 0.3 is 5.97 Å². The Morgan fingerprint density at radius 2 is 1.79 bits per heavy atom. The fourth-order valence-corrected chi connectivity index (χ4v) is 2.99. The molecule has 0 bridgehead atoms. The van der Waals surface area contributed by atoms with Crippen LogP contribution in [-0.4, -0.2) is 26.7 Å². The highest BCUT2D eigenvalue weighted by molar-refractivity contribution is 7.90. The predicted octanol–water partition coefficient (Wildman–Crippen LogP) is 2.49. The van der Waals surface area contributed by atoms with Gasteiger partial charge in [0.05, 0.1) is 4.90 Å². The number of hydrogen-bond acceptors (Lipinski definition) is 5. The third kappa shape index (κ3) is 5.33. The van der Waals surface area contributed by atoms with E-state index in [0.29, 0.717) is 5.56 Å². The molecule has 2 rings (SSSR count). The highest BCUT2D eigenvalue weighted by atomic mass is 35.5. The second-order valence-electron chi connectivity index (χ2n) is 5.38. The van der Waals surface area contributed by atoms with Crippen molar-refractivity contribution in [2.24, 2.45) is 0 Å². The van der Waals surface area contributed by atoms with E-state index in [2.05, 4.69) is 4.84 Å².